The molecule has 0 saturated carbocycles. The number of anilines is 1. The van der Waals surface area contributed by atoms with Gasteiger partial charge < -0.3 is 24.4 Å². The van der Waals surface area contributed by atoms with Crippen LogP contribution in [0.2, 0.25) is 0 Å². The summed E-state index contributed by atoms with van der Waals surface area (Å²) in [5.74, 6) is -1.18. The Bertz CT molecular complexity index is 1130. The fraction of sp³-hybridized carbons (Fsp3) is 0.448. The molecule has 0 aliphatic carbocycles. The predicted molar refractivity (Wildman–Crippen MR) is 143 cm³/mol. The number of ether oxygens (including phenoxy) is 2. The summed E-state index contributed by atoms with van der Waals surface area (Å²) in [7, 11) is 3.07. The number of aliphatic hydroxyl groups is 1. The van der Waals surface area contributed by atoms with Crippen molar-refractivity contribution in [1.29, 1.82) is 0 Å². The minimum atomic E-state index is -0.742. The van der Waals surface area contributed by atoms with E-state index in [4.69, 9.17) is 9.47 Å². The Balaban J connectivity index is 2.21. The molecular weight excluding hydrogens is 456 g/mol. The van der Waals surface area contributed by atoms with E-state index in [9.17, 15) is 14.7 Å². The molecule has 1 heterocycles. The normalized spacial score (nSPS) is 17.5. The number of benzene rings is 2. The lowest BCUT2D eigenvalue weighted by Crippen LogP contribution is -2.32. The van der Waals surface area contributed by atoms with E-state index < -0.39 is 17.7 Å². The third kappa shape index (κ3) is 5.26. The average Bonchev–Trinajstić information content (AvgIpc) is 3.12. The molecule has 7 nitrogen and oxygen atoms in total. The Morgan fingerprint density at radius 1 is 1.03 bits per heavy atom. The molecule has 194 valence electrons. The third-order valence-corrected chi connectivity index (χ3v) is 6.73. The molecule has 0 aromatic heterocycles. The van der Waals surface area contributed by atoms with Crippen molar-refractivity contribution < 1.29 is 24.2 Å². The molecule has 1 fully saturated rings. The van der Waals surface area contributed by atoms with Gasteiger partial charge in [0.05, 0.1) is 30.9 Å². The summed E-state index contributed by atoms with van der Waals surface area (Å²) in [4.78, 5) is 30.1. The van der Waals surface area contributed by atoms with E-state index in [2.05, 4.69) is 39.5 Å². The molecule has 1 aliphatic rings. The van der Waals surface area contributed by atoms with Crippen LogP contribution in [0.15, 0.2) is 48.0 Å². The summed E-state index contributed by atoms with van der Waals surface area (Å²) < 4.78 is 10.7. The zero-order valence-electron chi connectivity index (χ0n) is 22.4. The van der Waals surface area contributed by atoms with Gasteiger partial charge in [-0.25, -0.2) is 0 Å². The van der Waals surface area contributed by atoms with Gasteiger partial charge >= 0.3 is 0 Å². The van der Waals surface area contributed by atoms with Crippen molar-refractivity contribution >= 4 is 23.1 Å². The van der Waals surface area contributed by atoms with Crippen LogP contribution in [0.5, 0.6) is 5.75 Å². The second-order valence-electron chi connectivity index (χ2n) is 9.91. The van der Waals surface area contributed by atoms with E-state index in [1.54, 1.807) is 13.2 Å². The molecule has 1 N–H and O–H groups in total. The highest BCUT2D eigenvalue weighted by Gasteiger charge is 2.46. The SMILES string of the molecule is CCN(CC)c1ccc(C2/C(=C(\O)c3cc(C(C)(C)C)ccc3OC)C(=O)C(=O)N2CCOC)cc1. The number of carbonyl (C=O) groups is 2. The summed E-state index contributed by atoms with van der Waals surface area (Å²) in [5, 5.41) is 11.6. The zero-order chi connectivity index (χ0) is 26.6. The topological polar surface area (TPSA) is 79.3 Å². The summed E-state index contributed by atoms with van der Waals surface area (Å²) in [6, 6.07) is 12.6. The van der Waals surface area contributed by atoms with Crippen LogP contribution in [-0.2, 0) is 19.7 Å². The molecular formula is C29H38N2O5. The van der Waals surface area contributed by atoms with Gasteiger partial charge in [0.15, 0.2) is 0 Å². The minimum Gasteiger partial charge on any atom is -0.507 e. The molecule has 36 heavy (non-hydrogen) atoms. The first-order chi connectivity index (χ1) is 17.1. The Hall–Kier alpha value is -3.32. The summed E-state index contributed by atoms with van der Waals surface area (Å²) >= 11 is 0. The number of hydrogen-bond acceptors (Lipinski definition) is 6. The minimum absolute atomic E-state index is 0.0519. The second kappa shape index (κ2) is 11.2. The molecule has 1 aliphatic heterocycles. The van der Waals surface area contributed by atoms with Crippen LogP contribution in [0, 0.1) is 0 Å². The fourth-order valence-corrected chi connectivity index (χ4v) is 4.61. The van der Waals surface area contributed by atoms with Gasteiger partial charge in [-0.2, -0.15) is 0 Å². The fourth-order valence-electron chi connectivity index (χ4n) is 4.61. The molecule has 2 aromatic carbocycles. The van der Waals surface area contributed by atoms with Crippen molar-refractivity contribution in [3.63, 3.8) is 0 Å². The van der Waals surface area contributed by atoms with Crippen LogP contribution in [0.3, 0.4) is 0 Å². The molecule has 0 spiro atoms. The first-order valence-electron chi connectivity index (χ1n) is 12.4. The highest BCUT2D eigenvalue weighted by atomic mass is 16.5. The van der Waals surface area contributed by atoms with Crippen LogP contribution in [0.4, 0.5) is 5.69 Å². The van der Waals surface area contributed by atoms with Gasteiger partial charge in [-0.1, -0.05) is 39.0 Å². The largest absolute Gasteiger partial charge is 0.507 e. The first kappa shape index (κ1) is 27.3. The van der Waals surface area contributed by atoms with Gasteiger partial charge in [0.2, 0.25) is 0 Å². The van der Waals surface area contributed by atoms with E-state index in [0.29, 0.717) is 11.3 Å². The van der Waals surface area contributed by atoms with E-state index >= 15 is 0 Å². The van der Waals surface area contributed by atoms with Gasteiger partial charge in [0.25, 0.3) is 11.7 Å². The maximum atomic E-state index is 13.3. The number of rotatable bonds is 9. The quantitative estimate of drug-likeness (QED) is 0.303. The average molecular weight is 495 g/mol. The highest BCUT2D eigenvalue weighted by molar-refractivity contribution is 6.46. The van der Waals surface area contributed by atoms with Crippen molar-refractivity contribution in [3.05, 3.63) is 64.7 Å². The van der Waals surface area contributed by atoms with Gasteiger partial charge in [-0.15, -0.1) is 0 Å². The Kier molecular flexibility index (Phi) is 8.46. The number of methoxy groups -OCH3 is 2. The molecule has 3 rings (SSSR count). The summed E-state index contributed by atoms with van der Waals surface area (Å²) in [5.41, 5.74) is 3.02. The highest BCUT2D eigenvalue weighted by Crippen LogP contribution is 2.42. The first-order valence-corrected chi connectivity index (χ1v) is 12.4. The number of carbonyl (C=O) groups excluding carboxylic acids is 2. The lowest BCUT2D eigenvalue weighted by atomic mass is 9.85. The Morgan fingerprint density at radius 2 is 1.67 bits per heavy atom. The van der Waals surface area contributed by atoms with E-state index in [-0.39, 0.29) is 29.9 Å². The molecule has 1 unspecified atom stereocenters. The number of nitrogens with zero attached hydrogens (tertiary/aromatic N) is 2. The van der Waals surface area contributed by atoms with Crippen LogP contribution in [-0.4, -0.2) is 62.2 Å². The number of likely N-dealkylation sites (tertiary alicyclic amines) is 1. The van der Waals surface area contributed by atoms with Crippen LogP contribution in [0.1, 0.15) is 57.4 Å². The monoisotopic (exact) mass is 494 g/mol. The van der Waals surface area contributed by atoms with E-state index in [1.165, 1.54) is 12.0 Å². The number of amides is 1. The third-order valence-electron chi connectivity index (χ3n) is 6.73. The van der Waals surface area contributed by atoms with Crippen LogP contribution < -0.4 is 9.64 Å². The van der Waals surface area contributed by atoms with E-state index in [1.807, 2.05) is 36.4 Å². The van der Waals surface area contributed by atoms with Crippen molar-refractivity contribution in [2.75, 3.05) is 45.4 Å². The van der Waals surface area contributed by atoms with Crippen LogP contribution in [0.25, 0.3) is 5.76 Å². The summed E-state index contributed by atoms with van der Waals surface area (Å²) in [6.45, 7) is 12.6. The Labute approximate surface area is 214 Å². The smallest absolute Gasteiger partial charge is 0.295 e. The van der Waals surface area contributed by atoms with Crippen molar-refractivity contribution in [3.8, 4) is 5.75 Å². The molecule has 7 heteroatoms. The van der Waals surface area contributed by atoms with E-state index in [0.717, 1.165) is 29.9 Å². The van der Waals surface area contributed by atoms with Gasteiger partial charge in [-0.3, -0.25) is 9.59 Å². The van der Waals surface area contributed by atoms with Gasteiger partial charge in [0, 0.05) is 32.4 Å². The molecule has 1 atom stereocenters. The predicted octanol–water partition coefficient (Wildman–Crippen LogP) is 4.91. The van der Waals surface area contributed by atoms with Crippen LogP contribution >= 0.6 is 0 Å². The molecule has 2 aromatic rings. The van der Waals surface area contributed by atoms with Crippen molar-refractivity contribution in [2.24, 2.45) is 0 Å². The number of aliphatic hydroxyl groups excluding tert-OH is 1. The van der Waals surface area contributed by atoms with Crippen molar-refractivity contribution in [2.45, 2.75) is 46.1 Å². The van der Waals surface area contributed by atoms with Gasteiger partial charge in [0.1, 0.15) is 11.5 Å². The second-order valence-corrected chi connectivity index (χ2v) is 9.91. The standard InChI is InChI=1S/C29H38N2O5/c1-8-30(9-2)21-13-10-19(11-14-21)25-24(27(33)28(34)31(25)16-17-35-6)26(32)22-18-20(29(3,4)5)12-15-23(22)36-7/h10-15,18,25,32H,8-9,16-17H2,1-7H3/b26-24+. The maximum Gasteiger partial charge on any atom is 0.295 e. The number of ketones is 1. The maximum absolute atomic E-state index is 13.3. The lowest BCUT2D eigenvalue weighted by molar-refractivity contribution is -0.140. The zero-order valence-corrected chi connectivity index (χ0v) is 22.4. The van der Waals surface area contributed by atoms with Crippen molar-refractivity contribution in [1.82, 2.24) is 4.90 Å². The van der Waals surface area contributed by atoms with Gasteiger partial charge in [-0.05, 0) is 54.7 Å². The molecule has 0 radical (unpaired) electrons. The Morgan fingerprint density at radius 3 is 2.19 bits per heavy atom. The molecule has 1 saturated heterocycles. The number of hydrogen-bond donors (Lipinski definition) is 1. The lowest BCUT2D eigenvalue weighted by Gasteiger charge is -2.27. The summed E-state index contributed by atoms with van der Waals surface area (Å²) in [6.07, 6.45) is 0. The molecule has 1 amide bonds. The molecule has 0 bridgehead atoms. The number of Topliss-reactive ketones (excluding diaryl/α,β-unsaturated/α-hetero) is 1.